The molecule has 1 aliphatic heterocycles. The standard InChI is InChI=1S/C28H28N2O4/c1-17(2)34-23-15-11-21(12-16-23)29-26-25(20-9-13-22(33-5)14-10-20)27(31)30(28(26)32)24-8-6-7-18(3)19(24)4/h6-17,29H,1-5H3. The first-order valence-corrected chi connectivity index (χ1v) is 11.2. The van der Waals surface area contributed by atoms with E-state index < -0.39 is 5.91 Å². The summed E-state index contributed by atoms with van der Waals surface area (Å²) in [5.74, 6) is 0.636. The maximum Gasteiger partial charge on any atom is 0.282 e. The Morgan fingerprint density at radius 2 is 1.47 bits per heavy atom. The van der Waals surface area contributed by atoms with E-state index in [1.54, 1.807) is 37.4 Å². The van der Waals surface area contributed by atoms with Crippen LogP contribution in [0, 0.1) is 13.8 Å². The highest BCUT2D eigenvalue weighted by molar-refractivity contribution is 6.46. The summed E-state index contributed by atoms with van der Waals surface area (Å²) in [7, 11) is 1.58. The molecule has 4 rings (SSSR count). The van der Waals surface area contributed by atoms with Crippen molar-refractivity contribution in [2.45, 2.75) is 33.8 Å². The minimum Gasteiger partial charge on any atom is -0.497 e. The van der Waals surface area contributed by atoms with Gasteiger partial charge in [-0.3, -0.25) is 9.59 Å². The van der Waals surface area contributed by atoms with E-state index in [-0.39, 0.29) is 17.7 Å². The molecule has 174 valence electrons. The van der Waals surface area contributed by atoms with E-state index in [1.807, 2.05) is 64.1 Å². The molecule has 3 aromatic rings. The number of amides is 2. The molecular formula is C28H28N2O4. The Morgan fingerprint density at radius 3 is 2.09 bits per heavy atom. The topological polar surface area (TPSA) is 67.9 Å². The second-order valence-electron chi connectivity index (χ2n) is 8.46. The van der Waals surface area contributed by atoms with E-state index in [9.17, 15) is 9.59 Å². The van der Waals surface area contributed by atoms with E-state index in [0.717, 1.165) is 16.9 Å². The summed E-state index contributed by atoms with van der Waals surface area (Å²) in [5, 5.41) is 3.19. The summed E-state index contributed by atoms with van der Waals surface area (Å²) in [6.45, 7) is 7.80. The molecule has 1 N–H and O–H groups in total. The zero-order chi connectivity index (χ0) is 24.4. The third-order valence-corrected chi connectivity index (χ3v) is 5.77. The van der Waals surface area contributed by atoms with Crippen LogP contribution in [0.15, 0.2) is 72.4 Å². The number of ether oxygens (including phenoxy) is 2. The lowest BCUT2D eigenvalue weighted by atomic mass is 10.0. The summed E-state index contributed by atoms with van der Waals surface area (Å²) < 4.78 is 11.0. The molecule has 2 amide bonds. The summed E-state index contributed by atoms with van der Waals surface area (Å²) in [5.41, 5.74) is 4.33. The Hall–Kier alpha value is -4.06. The first kappa shape index (κ1) is 23.1. The average molecular weight is 457 g/mol. The number of hydrogen-bond donors (Lipinski definition) is 1. The van der Waals surface area contributed by atoms with Crippen LogP contribution in [0.25, 0.3) is 5.57 Å². The highest BCUT2D eigenvalue weighted by atomic mass is 16.5. The molecule has 6 heteroatoms. The second kappa shape index (κ2) is 9.43. The zero-order valence-corrected chi connectivity index (χ0v) is 20.0. The lowest BCUT2D eigenvalue weighted by Gasteiger charge is -2.19. The number of hydrogen-bond acceptors (Lipinski definition) is 5. The summed E-state index contributed by atoms with van der Waals surface area (Å²) in [6.07, 6.45) is 0.0587. The molecule has 3 aromatic carbocycles. The van der Waals surface area contributed by atoms with Crippen LogP contribution in [-0.4, -0.2) is 25.0 Å². The van der Waals surface area contributed by atoms with E-state index in [1.165, 1.54) is 4.90 Å². The predicted molar refractivity (Wildman–Crippen MR) is 134 cm³/mol. The fraction of sp³-hybridized carbons (Fsp3) is 0.214. The molecule has 1 heterocycles. The molecule has 1 aliphatic rings. The molecule has 0 radical (unpaired) electrons. The lowest BCUT2D eigenvalue weighted by Crippen LogP contribution is -2.33. The summed E-state index contributed by atoms with van der Waals surface area (Å²) >= 11 is 0. The fourth-order valence-corrected chi connectivity index (χ4v) is 3.90. The average Bonchev–Trinajstić information content (AvgIpc) is 3.06. The number of benzene rings is 3. The normalized spacial score (nSPS) is 13.6. The number of nitrogens with one attached hydrogen (secondary N) is 1. The van der Waals surface area contributed by atoms with Crippen molar-refractivity contribution in [3.05, 3.63) is 89.1 Å². The lowest BCUT2D eigenvalue weighted by molar-refractivity contribution is -0.120. The Bertz CT molecular complexity index is 1260. The van der Waals surface area contributed by atoms with E-state index in [0.29, 0.717) is 28.3 Å². The summed E-state index contributed by atoms with van der Waals surface area (Å²) in [4.78, 5) is 28.6. The first-order valence-electron chi connectivity index (χ1n) is 11.2. The fourth-order valence-electron chi connectivity index (χ4n) is 3.90. The molecule has 0 aromatic heterocycles. The second-order valence-corrected chi connectivity index (χ2v) is 8.46. The minimum absolute atomic E-state index is 0.0587. The molecule has 0 bridgehead atoms. The SMILES string of the molecule is COc1ccc(C2=C(Nc3ccc(OC(C)C)cc3)C(=O)N(c3cccc(C)c3C)C2=O)cc1. The maximum absolute atomic E-state index is 13.7. The van der Waals surface area contributed by atoms with Gasteiger partial charge in [-0.1, -0.05) is 24.3 Å². The quantitative estimate of drug-likeness (QED) is 0.476. The van der Waals surface area contributed by atoms with E-state index in [4.69, 9.17) is 9.47 Å². The molecular weight excluding hydrogens is 428 g/mol. The van der Waals surface area contributed by atoms with Crippen LogP contribution in [0.2, 0.25) is 0 Å². The molecule has 0 atom stereocenters. The van der Waals surface area contributed by atoms with Gasteiger partial charge in [0.15, 0.2) is 0 Å². The molecule has 0 saturated carbocycles. The Labute approximate surface area is 199 Å². The smallest absolute Gasteiger partial charge is 0.282 e. The number of aryl methyl sites for hydroxylation is 1. The predicted octanol–water partition coefficient (Wildman–Crippen LogP) is 5.50. The van der Waals surface area contributed by atoms with Gasteiger partial charge in [0.2, 0.25) is 0 Å². The van der Waals surface area contributed by atoms with Gasteiger partial charge in [0.05, 0.1) is 24.5 Å². The van der Waals surface area contributed by atoms with Gasteiger partial charge in [-0.25, -0.2) is 4.90 Å². The van der Waals surface area contributed by atoms with Gasteiger partial charge >= 0.3 is 0 Å². The van der Waals surface area contributed by atoms with Crippen molar-refractivity contribution in [3.63, 3.8) is 0 Å². The highest BCUT2D eigenvalue weighted by Crippen LogP contribution is 2.36. The molecule has 0 unspecified atom stereocenters. The monoisotopic (exact) mass is 456 g/mol. The van der Waals surface area contributed by atoms with Gasteiger partial charge in [0, 0.05) is 5.69 Å². The van der Waals surface area contributed by atoms with Gasteiger partial charge in [-0.15, -0.1) is 0 Å². The van der Waals surface area contributed by atoms with Crippen molar-refractivity contribution in [2.24, 2.45) is 0 Å². The van der Waals surface area contributed by atoms with Gasteiger partial charge in [-0.2, -0.15) is 0 Å². The van der Waals surface area contributed by atoms with Crippen LogP contribution < -0.4 is 19.7 Å². The zero-order valence-electron chi connectivity index (χ0n) is 20.0. The number of carbonyl (C=O) groups is 2. The number of imide groups is 1. The van der Waals surface area contributed by atoms with Gasteiger partial charge < -0.3 is 14.8 Å². The van der Waals surface area contributed by atoms with E-state index >= 15 is 0 Å². The largest absolute Gasteiger partial charge is 0.497 e. The van der Waals surface area contributed by atoms with E-state index in [2.05, 4.69) is 5.32 Å². The third-order valence-electron chi connectivity index (χ3n) is 5.77. The number of methoxy groups -OCH3 is 1. The molecule has 34 heavy (non-hydrogen) atoms. The molecule has 0 aliphatic carbocycles. The van der Waals surface area contributed by atoms with Crippen molar-refractivity contribution >= 4 is 28.8 Å². The molecule has 0 fully saturated rings. The minimum atomic E-state index is -0.396. The Kier molecular flexibility index (Phi) is 6.41. The van der Waals surface area contributed by atoms with Crippen LogP contribution in [0.5, 0.6) is 11.5 Å². The van der Waals surface area contributed by atoms with Crippen molar-refractivity contribution in [2.75, 3.05) is 17.3 Å². The van der Waals surface area contributed by atoms with Crippen LogP contribution in [-0.2, 0) is 9.59 Å². The van der Waals surface area contributed by atoms with Crippen LogP contribution in [0.4, 0.5) is 11.4 Å². The van der Waals surface area contributed by atoms with Gasteiger partial charge in [0.25, 0.3) is 11.8 Å². The van der Waals surface area contributed by atoms with Crippen molar-refractivity contribution in [1.82, 2.24) is 0 Å². The molecule has 6 nitrogen and oxygen atoms in total. The van der Waals surface area contributed by atoms with Crippen molar-refractivity contribution < 1.29 is 19.1 Å². The van der Waals surface area contributed by atoms with Gasteiger partial charge in [-0.05, 0) is 86.8 Å². The van der Waals surface area contributed by atoms with Crippen molar-refractivity contribution in [3.8, 4) is 11.5 Å². The molecule has 0 spiro atoms. The van der Waals surface area contributed by atoms with Crippen LogP contribution in [0.1, 0.15) is 30.5 Å². The van der Waals surface area contributed by atoms with Crippen molar-refractivity contribution in [1.29, 1.82) is 0 Å². The number of carbonyl (C=O) groups excluding carboxylic acids is 2. The number of rotatable bonds is 7. The van der Waals surface area contributed by atoms with Crippen LogP contribution >= 0.6 is 0 Å². The van der Waals surface area contributed by atoms with Gasteiger partial charge in [0.1, 0.15) is 17.2 Å². The maximum atomic E-state index is 13.7. The Morgan fingerprint density at radius 1 is 0.824 bits per heavy atom. The molecule has 0 saturated heterocycles. The summed E-state index contributed by atoms with van der Waals surface area (Å²) in [6, 6.07) is 20.0. The highest BCUT2D eigenvalue weighted by Gasteiger charge is 2.41. The Balaban J connectivity index is 1.77. The first-order chi connectivity index (χ1) is 16.3. The third kappa shape index (κ3) is 4.39. The van der Waals surface area contributed by atoms with Crippen LogP contribution in [0.3, 0.4) is 0 Å². The number of anilines is 2. The number of nitrogens with zero attached hydrogens (tertiary/aromatic N) is 1.